The van der Waals surface area contributed by atoms with Gasteiger partial charge >= 0.3 is 6.18 Å². The van der Waals surface area contributed by atoms with Gasteiger partial charge < -0.3 is 5.32 Å². The molecule has 3 rings (SSSR count). The molecule has 1 aromatic heterocycles. The molecule has 0 saturated carbocycles. The zero-order valence-electron chi connectivity index (χ0n) is 13.1. The predicted molar refractivity (Wildman–Crippen MR) is 78.2 cm³/mol. The third kappa shape index (κ3) is 3.52. The molecule has 2 heterocycles. The van der Waals surface area contributed by atoms with Crippen LogP contribution in [0.5, 0.6) is 0 Å². The number of likely N-dealkylation sites (tertiary alicyclic amines) is 1. The smallest absolute Gasteiger partial charge is 0.349 e. The number of aryl methyl sites for hydroxylation is 2. The van der Waals surface area contributed by atoms with Gasteiger partial charge in [-0.15, -0.1) is 0 Å². The number of nitrogens with zero attached hydrogens (tertiary/aromatic N) is 3. The van der Waals surface area contributed by atoms with Gasteiger partial charge in [0.05, 0.1) is 12.2 Å². The van der Waals surface area contributed by atoms with Gasteiger partial charge in [0, 0.05) is 25.2 Å². The van der Waals surface area contributed by atoms with Crippen LogP contribution in [-0.2, 0) is 19.9 Å². The van der Waals surface area contributed by atoms with Crippen LogP contribution in [0.25, 0.3) is 0 Å². The van der Waals surface area contributed by atoms with Crippen LogP contribution < -0.4 is 5.32 Å². The first-order valence-corrected chi connectivity index (χ1v) is 7.99. The fourth-order valence-corrected chi connectivity index (χ4v) is 3.66. The zero-order chi connectivity index (χ0) is 16.6. The predicted octanol–water partition coefficient (Wildman–Crippen LogP) is 1.67. The van der Waals surface area contributed by atoms with Crippen molar-refractivity contribution in [3.05, 3.63) is 17.0 Å². The summed E-state index contributed by atoms with van der Waals surface area (Å²) in [4.78, 5) is 13.8. The van der Waals surface area contributed by atoms with E-state index in [0.29, 0.717) is 18.7 Å². The molecule has 128 valence electrons. The second-order valence-electron chi connectivity index (χ2n) is 6.34. The molecule has 1 unspecified atom stereocenters. The summed E-state index contributed by atoms with van der Waals surface area (Å²) in [7, 11) is 1.73. The number of carbonyl (C=O) groups excluding carboxylic acids is 1. The third-order valence-corrected chi connectivity index (χ3v) is 4.66. The van der Waals surface area contributed by atoms with Crippen LogP contribution in [0.1, 0.15) is 41.0 Å². The summed E-state index contributed by atoms with van der Waals surface area (Å²) in [5.74, 6) is -0.234. The van der Waals surface area contributed by atoms with Crippen molar-refractivity contribution in [1.29, 1.82) is 0 Å². The molecule has 1 fully saturated rings. The summed E-state index contributed by atoms with van der Waals surface area (Å²) in [6, 6.07) is -0.248. The van der Waals surface area contributed by atoms with Gasteiger partial charge in [0.25, 0.3) is 5.91 Å². The monoisotopic (exact) mass is 330 g/mol. The number of fused-ring (bicyclic) bond motifs is 1. The van der Waals surface area contributed by atoms with Crippen LogP contribution in [-0.4, -0.2) is 52.4 Å². The van der Waals surface area contributed by atoms with Crippen LogP contribution in [0.3, 0.4) is 0 Å². The molecular weight excluding hydrogens is 309 g/mol. The van der Waals surface area contributed by atoms with E-state index in [9.17, 15) is 18.0 Å². The standard InChI is InChI=1S/C15H21F3N4O/c1-21-13(11-5-2-6-12(11)20-21)14(23)19-8-10-4-3-7-22(10)9-15(16,17)18/h10H,2-9H2,1H3,(H,19,23). The lowest BCUT2D eigenvalue weighted by Crippen LogP contribution is -2.44. The molecule has 1 aliphatic heterocycles. The van der Waals surface area contributed by atoms with Crippen LogP contribution >= 0.6 is 0 Å². The van der Waals surface area contributed by atoms with Crippen molar-refractivity contribution in [1.82, 2.24) is 20.0 Å². The average Bonchev–Trinajstić information content (AvgIpc) is 3.10. The number of amides is 1. The van der Waals surface area contributed by atoms with Gasteiger partial charge in [0.1, 0.15) is 5.69 Å². The molecule has 1 amide bonds. The summed E-state index contributed by atoms with van der Waals surface area (Å²) < 4.78 is 39.3. The van der Waals surface area contributed by atoms with E-state index in [4.69, 9.17) is 0 Å². The maximum absolute atomic E-state index is 12.6. The van der Waals surface area contributed by atoms with E-state index in [2.05, 4.69) is 10.4 Å². The fraction of sp³-hybridized carbons (Fsp3) is 0.733. The van der Waals surface area contributed by atoms with Gasteiger partial charge in [-0.1, -0.05) is 0 Å². The molecule has 0 aromatic carbocycles. The van der Waals surface area contributed by atoms with Crippen molar-refractivity contribution in [2.45, 2.75) is 44.3 Å². The molecule has 0 spiro atoms. The first kappa shape index (κ1) is 16.3. The number of alkyl halides is 3. The molecule has 1 aliphatic carbocycles. The van der Waals surface area contributed by atoms with Crippen molar-refractivity contribution < 1.29 is 18.0 Å². The molecule has 1 atom stereocenters. The zero-order valence-corrected chi connectivity index (χ0v) is 13.1. The van der Waals surface area contributed by atoms with Crippen LogP contribution in [0.15, 0.2) is 0 Å². The van der Waals surface area contributed by atoms with Gasteiger partial charge in [0.15, 0.2) is 0 Å². The highest BCUT2D eigenvalue weighted by molar-refractivity contribution is 5.94. The summed E-state index contributed by atoms with van der Waals surface area (Å²) in [6.07, 6.45) is -0.0538. The minimum absolute atomic E-state index is 0.234. The Morgan fingerprint density at radius 1 is 1.35 bits per heavy atom. The summed E-state index contributed by atoms with van der Waals surface area (Å²) in [5.41, 5.74) is 2.51. The van der Waals surface area contributed by atoms with Crippen molar-refractivity contribution in [2.24, 2.45) is 7.05 Å². The van der Waals surface area contributed by atoms with Crippen LogP contribution in [0.4, 0.5) is 13.2 Å². The van der Waals surface area contributed by atoms with Gasteiger partial charge in [-0.3, -0.25) is 14.4 Å². The van der Waals surface area contributed by atoms with Gasteiger partial charge in [-0.2, -0.15) is 18.3 Å². The average molecular weight is 330 g/mol. The highest BCUT2D eigenvalue weighted by atomic mass is 19.4. The number of aromatic nitrogens is 2. The highest BCUT2D eigenvalue weighted by Crippen LogP contribution is 2.25. The maximum atomic E-state index is 12.6. The number of rotatable bonds is 4. The molecule has 0 bridgehead atoms. The summed E-state index contributed by atoms with van der Waals surface area (Å²) in [6.45, 7) is -0.231. The lowest BCUT2D eigenvalue weighted by molar-refractivity contribution is -0.147. The Kier molecular flexibility index (Phi) is 4.35. The van der Waals surface area contributed by atoms with Crippen LogP contribution in [0.2, 0.25) is 0 Å². The highest BCUT2D eigenvalue weighted by Gasteiger charge is 2.36. The topological polar surface area (TPSA) is 50.2 Å². The van der Waals surface area contributed by atoms with Gasteiger partial charge in [-0.25, -0.2) is 0 Å². The molecule has 23 heavy (non-hydrogen) atoms. The first-order chi connectivity index (χ1) is 10.8. The lowest BCUT2D eigenvalue weighted by Gasteiger charge is -2.25. The normalized spacial score (nSPS) is 21.7. The van der Waals surface area contributed by atoms with E-state index in [0.717, 1.165) is 36.9 Å². The minimum Gasteiger partial charge on any atom is -0.349 e. The molecule has 0 radical (unpaired) electrons. The first-order valence-electron chi connectivity index (χ1n) is 7.99. The Bertz CT molecular complexity index is 596. The molecule has 5 nitrogen and oxygen atoms in total. The van der Waals surface area contributed by atoms with Gasteiger partial charge in [0.2, 0.25) is 0 Å². The number of nitrogens with one attached hydrogen (secondary N) is 1. The van der Waals surface area contributed by atoms with Crippen molar-refractivity contribution in [2.75, 3.05) is 19.6 Å². The Labute approximate surface area is 132 Å². The summed E-state index contributed by atoms with van der Waals surface area (Å²) >= 11 is 0. The second-order valence-corrected chi connectivity index (χ2v) is 6.34. The van der Waals surface area contributed by atoms with E-state index in [-0.39, 0.29) is 18.5 Å². The molecular formula is C15H21F3N4O. The SMILES string of the molecule is Cn1nc2c(c1C(=O)NCC1CCCN1CC(F)(F)F)CCC2. The van der Waals surface area contributed by atoms with Crippen LogP contribution in [0, 0.1) is 0 Å². The van der Waals surface area contributed by atoms with Crippen molar-refractivity contribution in [3.8, 4) is 0 Å². The van der Waals surface area contributed by atoms with Gasteiger partial charge in [-0.05, 0) is 38.6 Å². The molecule has 2 aliphatic rings. The van der Waals surface area contributed by atoms with E-state index in [1.54, 1.807) is 11.7 Å². The Balaban J connectivity index is 1.61. The van der Waals surface area contributed by atoms with E-state index < -0.39 is 12.7 Å². The Morgan fingerprint density at radius 3 is 2.87 bits per heavy atom. The largest absolute Gasteiger partial charge is 0.401 e. The third-order valence-electron chi connectivity index (χ3n) is 4.66. The number of carbonyl (C=O) groups is 1. The molecule has 8 heteroatoms. The number of hydrogen-bond acceptors (Lipinski definition) is 3. The summed E-state index contributed by atoms with van der Waals surface area (Å²) in [5, 5.41) is 7.16. The Hall–Kier alpha value is -1.57. The second kappa shape index (κ2) is 6.14. The van der Waals surface area contributed by atoms with Crippen molar-refractivity contribution >= 4 is 5.91 Å². The maximum Gasteiger partial charge on any atom is 0.401 e. The fourth-order valence-electron chi connectivity index (χ4n) is 3.66. The van der Waals surface area contributed by atoms with E-state index >= 15 is 0 Å². The van der Waals surface area contributed by atoms with Crippen molar-refractivity contribution in [3.63, 3.8) is 0 Å². The van der Waals surface area contributed by atoms with E-state index in [1.165, 1.54) is 4.90 Å². The molecule has 1 saturated heterocycles. The lowest BCUT2D eigenvalue weighted by atomic mass is 10.1. The Morgan fingerprint density at radius 2 is 2.13 bits per heavy atom. The number of hydrogen-bond donors (Lipinski definition) is 1. The quantitative estimate of drug-likeness (QED) is 0.914. The minimum atomic E-state index is -4.20. The molecule has 1 aromatic rings. The van der Waals surface area contributed by atoms with E-state index in [1.807, 2.05) is 0 Å². The molecule has 1 N–H and O–H groups in total. The number of halogens is 3.